The maximum absolute atomic E-state index is 12.2. The summed E-state index contributed by atoms with van der Waals surface area (Å²) in [5, 5.41) is 12.0. The average molecular weight is 480 g/mol. The molecule has 0 saturated heterocycles. The van der Waals surface area contributed by atoms with Crippen molar-refractivity contribution in [3.63, 3.8) is 0 Å². The Hall–Kier alpha value is -3.93. The molecule has 0 spiro atoms. The molecule has 1 amide bonds. The second kappa shape index (κ2) is 9.51. The van der Waals surface area contributed by atoms with Gasteiger partial charge in [0, 0.05) is 18.3 Å². The van der Waals surface area contributed by atoms with Crippen LogP contribution in [0.25, 0.3) is 17.2 Å². The first kappa shape index (κ1) is 21.9. The number of hydrogen-bond donors (Lipinski definition) is 1. The molecule has 0 atom stereocenters. The Kier molecular flexibility index (Phi) is 6.12. The van der Waals surface area contributed by atoms with Gasteiger partial charge in [-0.25, -0.2) is 14.6 Å². The largest absolute Gasteiger partial charge is 0.493 e. The molecular formula is C22H21N7O4S. The number of para-hydroxylation sites is 1. The second-order valence-electron chi connectivity index (χ2n) is 7.45. The van der Waals surface area contributed by atoms with E-state index < -0.39 is 0 Å². The molecule has 3 heterocycles. The summed E-state index contributed by atoms with van der Waals surface area (Å²) in [5.74, 6) is 2.74. The number of rotatable bonds is 9. The highest BCUT2D eigenvalue weighted by atomic mass is 32.2. The number of methoxy groups -OCH3 is 2. The molecule has 174 valence electrons. The smallest absolute Gasteiger partial charge is 0.272 e. The van der Waals surface area contributed by atoms with Crippen LogP contribution < -0.4 is 14.8 Å². The molecule has 1 aliphatic carbocycles. The third kappa shape index (κ3) is 4.71. The number of hydrogen-bond acceptors (Lipinski definition) is 10. The van der Waals surface area contributed by atoms with E-state index in [0.717, 1.165) is 12.8 Å². The Labute approximate surface area is 198 Å². The average Bonchev–Trinajstić information content (AvgIpc) is 3.35. The summed E-state index contributed by atoms with van der Waals surface area (Å²) >= 11 is 1.41. The normalized spacial score (nSPS) is 13.0. The minimum absolute atomic E-state index is 0.176. The van der Waals surface area contributed by atoms with Crippen molar-refractivity contribution in [2.24, 2.45) is 0 Å². The Morgan fingerprint density at radius 1 is 1.24 bits per heavy atom. The van der Waals surface area contributed by atoms with Gasteiger partial charge >= 0.3 is 0 Å². The maximum Gasteiger partial charge on any atom is 0.272 e. The molecule has 3 aromatic heterocycles. The van der Waals surface area contributed by atoms with Crippen LogP contribution in [-0.4, -0.2) is 56.1 Å². The highest BCUT2D eigenvalue weighted by Gasteiger charge is 2.25. The highest BCUT2D eigenvalue weighted by molar-refractivity contribution is 7.98. The molecule has 0 bridgehead atoms. The van der Waals surface area contributed by atoms with Gasteiger partial charge in [-0.05, 0) is 31.0 Å². The number of carbonyl (C=O) groups is 1. The van der Waals surface area contributed by atoms with Gasteiger partial charge in [0.15, 0.2) is 23.0 Å². The van der Waals surface area contributed by atoms with Crippen molar-refractivity contribution < 1.29 is 18.8 Å². The molecule has 0 unspecified atom stereocenters. The fourth-order valence-electron chi connectivity index (χ4n) is 3.22. The molecule has 34 heavy (non-hydrogen) atoms. The van der Waals surface area contributed by atoms with E-state index in [0.29, 0.717) is 51.1 Å². The van der Waals surface area contributed by atoms with Crippen LogP contribution in [0.3, 0.4) is 0 Å². The van der Waals surface area contributed by atoms with Crippen molar-refractivity contribution >= 4 is 17.7 Å². The van der Waals surface area contributed by atoms with Gasteiger partial charge in [0.25, 0.3) is 5.91 Å². The maximum atomic E-state index is 12.2. The van der Waals surface area contributed by atoms with E-state index in [9.17, 15) is 4.79 Å². The summed E-state index contributed by atoms with van der Waals surface area (Å²) in [6, 6.07) is 9.19. The van der Waals surface area contributed by atoms with Gasteiger partial charge in [-0.3, -0.25) is 4.79 Å². The van der Waals surface area contributed by atoms with Crippen LogP contribution in [0.2, 0.25) is 0 Å². The molecule has 1 aliphatic rings. The summed E-state index contributed by atoms with van der Waals surface area (Å²) < 4.78 is 17.7. The van der Waals surface area contributed by atoms with Gasteiger partial charge in [0.2, 0.25) is 11.7 Å². The quantitative estimate of drug-likeness (QED) is 0.282. The molecule has 5 rings (SSSR count). The number of ether oxygens (including phenoxy) is 2. The van der Waals surface area contributed by atoms with Crippen molar-refractivity contribution in [3.05, 3.63) is 54.4 Å². The van der Waals surface area contributed by atoms with Crippen LogP contribution in [0.15, 0.2) is 52.4 Å². The lowest BCUT2D eigenvalue weighted by atomic mass is 10.2. The zero-order valence-corrected chi connectivity index (χ0v) is 19.3. The van der Waals surface area contributed by atoms with Crippen molar-refractivity contribution in [1.82, 2.24) is 35.2 Å². The summed E-state index contributed by atoms with van der Waals surface area (Å²) in [7, 11) is 3.13. The van der Waals surface area contributed by atoms with E-state index in [1.54, 1.807) is 43.3 Å². The standard InChI is InChI=1S/C22H21N7O4S/c1-31-16-5-3-4-14(20(16)32-2)21-26-18(33-28-21)11-34-19-10-17(23-12-24-19)29-9-8-15(27-29)22(30)25-13-6-7-13/h3-5,8-10,12-13H,6-7,11H2,1-2H3,(H,25,30). The van der Waals surface area contributed by atoms with E-state index in [2.05, 4.69) is 30.5 Å². The predicted molar refractivity (Wildman–Crippen MR) is 122 cm³/mol. The van der Waals surface area contributed by atoms with Crippen molar-refractivity contribution in [1.29, 1.82) is 0 Å². The molecule has 1 N–H and O–H groups in total. The Balaban J connectivity index is 1.27. The molecule has 0 aliphatic heterocycles. The molecule has 12 heteroatoms. The van der Waals surface area contributed by atoms with Gasteiger partial charge in [-0.15, -0.1) is 0 Å². The fraction of sp³-hybridized carbons (Fsp3) is 0.273. The first-order valence-corrected chi connectivity index (χ1v) is 11.5. The molecule has 4 aromatic rings. The summed E-state index contributed by atoms with van der Waals surface area (Å²) in [4.78, 5) is 25.2. The van der Waals surface area contributed by atoms with Crippen molar-refractivity contribution in [3.8, 4) is 28.7 Å². The van der Waals surface area contributed by atoms with Gasteiger partial charge in [-0.2, -0.15) is 10.1 Å². The zero-order chi connectivity index (χ0) is 23.5. The SMILES string of the molecule is COc1cccc(-c2noc(CSc3cc(-n4ccc(C(=O)NC5CC5)n4)ncn3)n2)c1OC. The molecule has 11 nitrogen and oxygen atoms in total. The number of aromatic nitrogens is 6. The minimum Gasteiger partial charge on any atom is -0.493 e. The van der Waals surface area contributed by atoms with Gasteiger partial charge in [0.1, 0.15) is 11.4 Å². The summed E-state index contributed by atoms with van der Waals surface area (Å²) in [6.07, 6.45) is 5.19. The van der Waals surface area contributed by atoms with Gasteiger partial charge in [-0.1, -0.05) is 23.0 Å². The Bertz CT molecular complexity index is 1320. The second-order valence-corrected chi connectivity index (χ2v) is 8.44. The molecular weight excluding hydrogens is 458 g/mol. The minimum atomic E-state index is -0.176. The predicted octanol–water partition coefficient (Wildman–Crippen LogP) is 2.91. The summed E-state index contributed by atoms with van der Waals surface area (Å²) in [6.45, 7) is 0. The first-order valence-electron chi connectivity index (χ1n) is 10.5. The van der Waals surface area contributed by atoms with Crippen LogP contribution in [0.5, 0.6) is 11.5 Å². The fourth-order valence-corrected chi connectivity index (χ4v) is 3.91. The number of nitrogens with zero attached hydrogens (tertiary/aromatic N) is 6. The first-order chi connectivity index (χ1) is 16.6. The van der Waals surface area contributed by atoms with Crippen LogP contribution in [0.4, 0.5) is 0 Å². The van der Waals surface area contributed by atoms with Gasteiger partial charge < -0.3 is 19.3 Å². The molecule has 1 aromatic carbocycles. The lowest BCUT2D eigenvalue weighted by Gasteiger charge is -2.09. The van der Waals surface area contributed by atoms with E-state index in [-0.39, 0.29) is 11.9 Å². The lowest BCUT2D eigenvalue weighted by Crippen LogP contribution is -2.25. The third-order valence-corrected chi connectivity index (χ3v) is 5.96. The van der Waals surface area contributed by atoms with Crippen LogP contribution in [0, 0.1) is 0 Å². The third-order valence-electron chi connectivity index (χ3n) is 5.05. The molecule has 0 radical (unpaired) electrons. The van der Waals surface area contributed by atoms with E-state index >= 15 is 0 Å². The molecule has 1 saturated carbocycles. The highest BCUT2D eigenvalue weighted by Crippen LogP contribution is 2.36. The Morgan fingerprint density at radius 3 is 2.91 bits per heavy atom. The van der Waals surface area contributed by atoms with Crippen molar-refractivity contribution in [2.75, 3.05) is 14.2 Å². The number of thioether (sulfide) groups is 1. The number of carbonyl (C=O) groups excluding carboxylic acids is 1. The zero-order valence-electron chi connectivity index (χ0n) is 18.5. The topological polar surface area (TPSA) is 130 Å². The number of nitrogens with one attached hydrogen (secondary N) is 1. The van der Waals surface area contributed by atoms with Crippen LogP contribution in [-0.2, 0) is 5.75 Å². The van der Waals surface area contributed by atoms with E-state index in [4.69, 9.17) is 14.0 Å². The van der Waals surface area contributed by atoms with E-state index in [1.165, 1.54) is 18.1 Å². The van der Waals surface area contributed by atoms with Crippen LogP contribution in [0.1, 0.15) is 29.2 Å². The van der Waals surface area contributed by atoms with E-state index in [1.807, 2.05) is 12.1 Å². The summed E-state index contributed by atoms with van der Waals surface area (Å²) in [5.41, 5.74) is 1.03. The van der Waals surface area contributed by atoms with Crippen molar-refractivity contribution in [2.45, 2.75) is 29.7 Å². The lowest BCUT2D eigenvalue weighted by molar-refractivity contribution is 0.0945. The van der Waals surface area contributed by atoms with Gasteiger partial charge in [0.05, 0.1) is 25.5 Å². The Morgan fingerprint density at radius 2 is 2.12 bits per heavy atom. The number of amides is 1. The number of benzene rings is 1. The monoisotopic (exact) mass is 479 g/mol. The molecule has 1 fully saturated rings. The van der Waals surface area contributed by atoms with Crippen LogP contribution >= 0.6 is 11.8 Å².